The van der Waals surface area contributed by atoms with Crippen LogP contribution < -0.4 is 4.57 Å². The number of fused-ring (bicyclic) bond motifs is 7. The summed E-state index contributed by atoms with van der Waals surface area (Å²) in [6, 6.07) is 4.03. The summed E-state index contributed by atoms with van der Waals surface area (Å²) in [7, 11) is 0. The van der Waals surface area contributed by atoms with Crippen molar-refractivity contribution >= 4 is 16.8 Å². The maximum atomic E-state index is 5.83. The molecule has 5 heteroatoms. The Morgan fingerprint density at radius 1 is 1.16 bits per heavy atom. The summed E-state index contributed by atoms with van der Waals surface area (Å²) < 4.78 is 10.2. The quantitative estimate of drug-likeness (QED) is 0.393. The van der Waals surface area contributed by atoms with Crippen molar-refractivity contribution in [3.05, 3.63) is 48.7 Å². The summed E-state index contributed by atoms with van der Waals surface area (Å²) >= 11 is 0. The van der Waals surface area contributed by atoms with Crippen LogP contribution in [0.15, 0.2) is 47.5 Å². The van der Waals surface area contributed by atoms with Crippen LogP contribution in [0.1, 0.15) is 5.56 Å². The third kappa shape index (κ3) is 1.03. The molecule has 0 atom stereocenters. The summed E-state index contributed by atoms with van der Waals surface area (Å²) in [4.78, 5) is 8.29. The predicted octanol–water partition coefficient (Wildman–Crippen LogP) is 1.79. The standard InChI is InChI=1S/C14H9N4O/c1-3-15-5-9-7-17-8-13-18(14(17)10(1)9)11-2-4-16-6-12(11)19-13/h1-6,8H,7H2/q+1. The van der Waals surface area contributed by atoms with Gasteiger partial charge in [-0.25, -0.2) is 4.57 Å². The van der Waals surface area contributed by atoms with Gasteiger partial charge in [0.25, 0.3) is 5.82 Å². The molecule has 5 rings (SSSR count). The topological polar surface area (TPSA) is 47.2 Å². The van der Waals surface area contributed by atoms with Crippen molar-refractivity contribution in [2.75, 3.05) is 0 Å². The third-order valence-electron chi connectivity index (χ3n) is 3.67. The lowest BCUT2D eigenvalue weighted by molar-refractivity contribution is -0.670. The van der Waals surface area contributed by atoms with Crippen molar-refractivity contribution in [3.8, 4) is 11.4 Å². The van der Waals surface area contributed by atoms with Gasteiger partial charge in [0.15, 0.2) is 17.3 Å². The lowest BCUT2D eigenvalue weighted by Crippen LogP contribution is -2.29. The van der Waals surface area contributed by atoms with E-state index in [4.69, 9.17) is 4.42 Å². The van der Waals surface area contributed by atoms with Gasteiger partial charge >= 0.3 is 5.71 Å². The normalized spacial score (nSPS) is 13.1. The smallest absolute Gasteiger partial charge is 0.336 e. The van der Waals surface area contributed by atoms with Crippen LogP contribution in [0.25, 0.3) is 28.2 Å². The molecule has 1 aliphatic heterocycles. The van der Waals surface area contributed by atoms with Crippen LogP contribution in [0.2, 0.25) is 0 Å². The minimum atomic E-state index is 0.809. The molecule has 5 heterocycles. The summed E-state index contributed by atoms with van der Waals surface area (Å²) in [5.74, 6) is 1.15. The van der Waals surface area contributed by atoms with Gasteiger partial charge in [0.2, 0.25) is 0 Å². The highest BCUT2D eigenvalue weighted by Crippen LogP contribution is 2.30. The van der Waals surface area contributed by atoms with Crippen LogP contribution in [0.4, 0.5) is 0 Å². The highest BCUT2D eigenvalue weighted by Gasteiger charge is 2.32. The molecule has 19 heavy (non-hydrogen) atoms. The van der Waals surface area contributed by atoms with Gasteiger partial charge in [-0.3, -0.25) is 9.97 Å². The second kappa shape index (κ2) is 3.00. The molecular formula is C14H9N4O+. The van der Waals surface area contributed by atoms with Gasteiger partial charge in [0.1, 0.15) is 6.54 Å². The molecule has 0 radical (unpaired) electrons. The predicted molar refractivity (Wildman–Crippen MR) is 67.5 cm³/mol. The summed E-state index contributed by atoms with van der Waals surface area (Å²) in [5.41, 5.74) is 5.16. The van der Waals surface area contributed by atoms with Gasteiger partial charge in [0.05, 0.1) is 11.8 Å². The molecular weight excluding hydrogens is 240 g/mol. The molecule has 1 aliphatic rings. The SMILES string of the molecule is c1cc2c(cn1)C[n+]1cc3oc4cnccc4n3c1-2. The molecule has 0 aromatic carbocycles. The first-order valence-electron chi connectivity index (χ1n) is 6.12. The number of imidazole rings is 1. The number of oxazole rings is 1. The van der Waals surface area contributed by atoms with Gasteiger partial charge in [-0.2, -0.15) is 4.40 Å². The molecule has 0 fully saturated rings. The first kappa shape index (κ1) is 9.27. The van der Waals surface area contributed by atoms with E-state index in [1.54, 1.807) is 12.4 Å². The number of pyridine rings is 2. The van der Waals surface area contributed by atoms with Crippen molar-refractivity contribution < 1.29 is 8.98 Å². The van der Waals surface area contributed by atoms with Crippen molar-refractivity contribution in [1.29, 1.82) is 0 Å². The first-order valence-corrected chi connectivity index (χ1v) is 6.12. The van der Waals surface area contributed by atoms with Crippen molar-refractivity contribution in [2.45, 2.75) is 6.54 Å². The molecule has 0 amide bonds. The highest BCUT2D eigenvalue weighted by molar-refractivity contribution is 5.79. The van der Waals surface area contributed by atoms with Gasteiger partial charge in [-0.15, -0.1) is 0 Å². The van der Waals surface area contributed by atoms with E-state index in [0.717, 1.165) is 29.2 Å². The zero-order valence-electron chi connectivity index (χ0n) is 9.95. The Morgan fingerprint density at radius 2 is 2.05 bits per heavy atom. The molecule has 0 unspecified atom stereocenters. The Balaban J connectivity index is 2.00. The largest absolute Gasteiger partial charge is 0.414 e. The molecule has 90 valence electrons. The minimum absolute atomic E-state index is 0.809. The van der Waals surface area contributed by atoms with Gasteiger partial charge in [-0.1, -0.05) is 0 Å². The number of rotatable bonds is 0. The van der Waals surface area contributed by atoms with Gasteiger partial charge < -0.3 is 4.42 Å². The van der Waals surface area contributed by atoms with Crippen molar-refractivity contribution in [2.24, 2.45) is 0 Å². The molecule has 0 spiro atoms. The van der Waals surface area contributed by atoms with Crippen LogP contribution in [0.5, 0.6) is 0 Å². The van der Waals surface area contributed by atoms with E-state index in [-0.39, 0.29) is 0 Å². The monoisotopic (exact) mass is 249 g/mol. The van der Waals surface area contributed by atoms with E-state index in [1.165, 1.54) is 11.1 Å². The molecule has 0 bridgehead atoms. The lowest BCUT2D eigenvalue weighted by atomic mass is 10.2. The van der Waals surface area contributed by atoms with E-state index < -0.39 is 0 Å². The first-order chi connectivity index (χ1) is 9.42. The summed E-state index contributed by atoms with van der Waals surface area (Å²) in [5, 5.41) is 0. The van der Waals surface area contributed by atoms with E-state index >= 15 is 0 Å². The number of aromatic nitrogens is 4. The van der Waals surface area contributed by atoms with Gasteiger partial charge in [-0.05, 0) is 6.07 Å². The van der Waals surface area contributed by atoms with Crippen LogP contribution in [0, 0.1) is 0 Å². The van der Waals surface area contributed by atoms with Crippen molar-refractivity contribution in [3.63, 3.8) is 0 Å². The minimum Gasteiger partial charge on any atom is -0.414 e. The van der Waals surface area contributed by atoms with E-state index in [0.29, 0.717) is 0 Å². The molecule has 0 saturated carbocycles. The fourth-order valence-corrected chi connectivity index (χ4v) is 2.89. The van der Waals surface area contributed by atoms with Crippen LogP contribution >= 0.6 is 0 Å². The third-order valence-corrected chi connectivity index (χ3v) is 3.67. The average molecular weight is 249 g/mol. The Labute approximate surface area is 107 Å². The van der Waals surface area contributed by atoms with E-state index in [1.807, 2.05) is 24.7 Å². The zero-order valence-corrected chi connectivity index (χ0v) is 9.95. The maximum absolute atomic E-state index is 5.83. The molecule has 4 aromatic heterocycles. The fraction of sp³-hybridized carbons (Fsp3) is 0.0714. The molecule has 0 N–H and O–H groups in total. The zero-order chi connectivity index (χ0) is 12.4. The van der Waals surface area contributed by atoms with E-state index in [9.17, 15) is 0 Å². The Kier molecular flexibility index (Phi) is 1.46. The molecule has 0 saturated heterocycles. The number of hydrogen-bond acceptors (Lipinski definition) is 3. The van der Waals surface area contributed by atoms with E-state index in [2.05, 4.69) is 25.0 Å². The maximum Gasteiger partial charge on any atom is 0.336 e. The fourth-order valence-electron chi connectivity index (χ4n) is 2.89. The van der Waals surface area contributed by atoms with Crippen LogP contribution in [-0.4, -0.2) is 14.4 Å². The Hall–Kier alpha value is -2.69. The molecule has 4 aromatic rings. The lowest BCUT2D eigenvalue weighted by Gasteiger charge is -1.91. The van der Waals surface area contributed by atoms with Gasteiger partial charge in [0, 0.05) is 30.2 Å². The van der Waals surface area contributed by atoms with Crippen LogP contribution in [-0.2, 0) is 6.54 Å². The second-order valence-electron chi connectivity index (χ2n) is 4.73. The summed E-state index contributed by atoms with van der Waals surface area (Å²) in [6.07, 6.45) is 9.34. The molecule has 5 nitrogen and oxygen atoms in total. The summed E-state index contributed by atoms with van der Waals surface area (Å²) in [6.45, 7) is 0.849. The second-order valence-corrected chi connectivity index (χ2v) is 4.73. The number of hydrogen-bond donors (Lipinski definition) is 0. The highest BCUT2D eigenvalue weighted by atomic mass is 16.3. The Bertz CT molecular complexity index is 951. The van der Waals surface area contributed by atoms with Crippen LogP contribution in [0.3, 0.4) is 0 Å². The Morgan fingerprint density at radius 3 is 3.05 bits per heavy atom. The number of nitrogens with zero attached hydrogens (tertiary/aromatic N) is 4. The van der Waals surface area contributed by atoms with Crippen molar-refractivity contribution in [1.82, 2.24) is 14.4 Å². The average Bonchev–Trinajstić information content (AvgIpc) is 3.04. The molecule has 0 aliphatic carbocycles.